The van der Waals surface area contributed by atoms with Gasteiger partial charge in [-0.25, -0.2) is 4.98 Å². The number of aryl methyl sites for hydroxylation is 3. The second-order valence-electron chi connectivity index (χ2n) is 7.57. The maximum absolute atomic E-state index is 12.9. The Balaban J connectivity index is 1.67. The number of benzene rings is 2. The first-order valence-electron chi connectivity index (χ1n) is 9.98. The average molecular weight is 421 g/mol. The van der Waals surface area contributed by atoms with Crippen LogP contribution in [0.4, 0.5) is 0 Å². The Bertz CT molecular complexity index is 1040. The standard InChI is InChI=1S/C25H28N2O2S/c1-6-11-27(25(28)21-9-7-17(2)8-10-21)14-22-16-30-24(26-22)15-29-23-13-18(3)12-19(4)20(23)5/h6-10,12-13,16H,1,11,14-15H2,2-5H3. The Hall–Kier alpha value is -2.92. The van der Waals surface area contributed by atoms with Crippen LogP contribution >= 0.6 is 11.3 Å². The van der Waals surface area contributed by atoms with E-state index in [1.54, 1.807) is 22.3 Å². The van der Waals surface area contributed by atoms with E-state index in [-0.39, 0.29) is 5.91 Å². The van der Waals surface area contributed by atoms with E-state index in [2.05, 4.69) is 44.5 Å². The molecule has 1 aromatic heterocycles. The summed E-state index contributed by atoms with van der Waals surface area (Å²) >= 11 is 1.55. The molecule has 0 atom stereocenters. The van der Waals surface area contributed by atoms with Crippen LogP contribution in [0, 0.1) is 27.7 Å². The van der Waals surface area contributed by atoms with Crippen molar-refractivity contribution in [2.75, 3.05) is 6.54 Å². The van der Waals surface area contributed by atoms with Gasteiger partial charge in [-0.2, -0.15) is 0 Å². The van der Waals surface area contributed by atoms with E-state index in [9.17, 15) is 4.79 Å². The third kappa shape index (κ3) is 5.36. The molecule has 4 nitrogen and oxygen atoms in total. The number of rotatable bonds is 8. The summed E-state index contributed by atoms with van der Waals surface area (Å²) in [6, 6.07) is 11.8. The lowest BCUT2D eigenvalue weighted by Gasteiger charge is -2.20. The molecule has 1 heterocycles. The Morgan fingerprint density at radius 3 is 2.57 bits per heavy atom. The van der Waals surface area contributed by atoms with Gasteiger partial charge < -0.3 is 9.64 Å². The van der Waals surface area contributed by atoms with Crippen molar-refractivity contribution in [3.8, 4) is 5.75 Å². The Labute approximate surface area is 182 Å². The van der Waals surface area contributed by atoms with Crippen LogP contribution in [0.25, 0.3) is 0 Å². The second kappa shape index (κ2) is 9.72. The zero-order chi connectivity index (χ0) is 21.7. The van der Waals surface area contributed by atoms with Crippen molar-refractivity contribution in [3.63, 3.8) is 0 Å². The highest BCUT2D eigenvalue weighted by molar-refractivity contribution is 7.09. The number of nitrogens with zero attached hydrogens (tertiary/aromatic N) is 2. The summed E-state index contributed by atoms with van der Waals surface area (Å²) in [7, 11) is 0. The molecule has 0 saturated heterocycles. The SMILES string of the molecule is C=CCN(Cc1csc(COc2cc(C)cc(C)c2C)n1)C(=O)c1ccc(C)cc1. The summed E-state index contributed by atoms with van der Waals surface area (Å²) in [5.41, 5.74) is 6.22. The molecular weight excluding hydrogens is 392 g/mol. The smallest absolute Gasteiger partial charge is 0.254 e. The van der Waals surface area contributed by atoms with Crippen LogP contribution in [-0.4, -0.2) is 22.3 Å². The highest BCUT2D eigenvalue weighted by Crippen LogP contribution is 2.25. The fraction of sp³-hybridized carbons (Fsp3) is 0.280. The molecule has 0 aliphatic carbocycles. The molecule has 5 heteroatoms. The molecule has 3 rings (SSSR count). The molecule has 0 spiro atoms. The maximum atomic E-state index is 12.9. The molecule has 0 fully saturated rings. The quantitative estimate of drug-likeness (QED) is 0.434. The molecule has 30 heavy (non-hydrogen) atoms. The Morgan fingerprint density at radius 2 is 1.87 bits per heavy atom. The van der Waals surface area contributed by atoms with Gasteiger partial charge in [0.05, 0.1) is 12.2 Å². The average Bonchev–Trinajstić information content (AvgIpc) is 3.16. The van der Waals surface area contributed by atoms with Crippen molar-refractivity contribution < 1.29 is 9.53 Å². The minimum absolute atomic E-state index is 0.0217. The number of amides is 1. The fourth-order valence-electron chi connectivity index (χ4n) is 3.23. The molecule has 1 amide bonds. The van der Waals surface area contributed by atoms with E-state index in [4.69, 9.17) is 4.74 Å². The van der Waals surface area contributed by atoms with Gasteiger partial charge in [-0.15, -0.1) is 17.9 Å². The maximum Gasteiger partial charge on any atom is 0.254 e. The minimum atomic E-state index is -0.0217. The zero-order valence-corrected chi connectivity index (χ0v) is 18.9. The summed E-state index contributed by atoms with van der Waals surface area (Å²) in [6.07, 6.45) is 1.74. The van der Waals surface area contributed by atoms with E-state index in [1.165, 1.54) is 11.1 Å². The van der Waals surface area contributed by atoms with Crippen molar-refractivity contribution in [1.29, 1.82) is 0 Å². The first-order valence-corrected chi connectivity index (χ1v) is 10.9. The molecule has 0 aliphatic heterocycles. The number of hydrogen-bond donors (Lipinski definition) is 0. The fourth-order valence-corrected chi connectivity index (χ4v) is 3.92. The van der Waals surface area contributed by atoms with Crippen molar-refractivity contribution in [1.82, 2.24) is 9.88 Å². The highest BCUT2D eigenvalue weighted by Gasteiger charge is 2.16. The van der Waals surface area contributed by atoms with Crippen molar-refractivity contribution in [2.24, 2.45) is 0 Å². The topological polar surface area (TPSA) is 42.4 Å². The number of thiazole rings is 1. The molecule has 0 N–H and O–H groups in total. The predicted octanol–water partition coefficient (Wildman–Crippen LogP) is 5.78. The lowest BCUT2D eigenvalue weighted by atomic mass is 10.1. The number of ether oxygens (including phenoxy) is 1. The number of carbonyl (C=O) groups excluding carboxylic acids is 1. The van der Waals surface area contributed by atoms with Crippen LogP contribution < -0.4 is 4.74 Å². The number of aromatic nitrogens is 1. The molecule has 156 valence electrons. The predicted molar refractivity (Wildman–Crippen MR) is 123 cm³/mol. The van der Waals surface area contributed by atoms with Gasteiger partial charge in [0.2, 0.25) is 0 Å². The number of carbonyl (C=O) groups is 1. The van der Waals surface area contributed by atoms with Gasteiger partial charge in [0.25, 0.3) is 5.91 Å². The van der Waals surface area contributed by atoms with Crippen LogP contribution in [0.5, 0.6) is 5.75 Å². The van der Waals surface area contributed by atoms with Gasteiger partial charge in [-0.05, 0) is 62.6 Å². The summed E-state index contributed by atoms with van der Waals surface area (Å²) in [6.45, 7) is 13.4. The zero-order valence-electron chi connectivity index (χ0n) is 18.1. The Kier molecular flexibility index (Phi) is 7.06. The van der Waals surface area contributed by atoms with E-state index in [0.29, 0.717) is 25.3 Å². The molecule has 2 aromatic carbocycles. The third-order valence-electron chi connectivity index (χ3n) is 5.00. The lowest BCUT2D eigenvalue weighted by molar-refractivity contribution is 0.0761. The van der Waals surface area contributed by atoms with Crippen molar-refractivity contribution >= 4 is 17.2 Å². The molecule has 0 aliphatic rings. The van der Waals surface area contributed by atoms with Gasteiger partial charge in [0.1, 0.15) is 17.4 Å². The second-order valence-corrected chi connectivity index (χ2v) is 8.51. The van der Waals surface area contributed by atoms with E-state index in [1.807, 2.05) is 36.6 Å². The Morgan fingerprint density at radius 1 is 1.13 bits per heavy atom. The monoisotopic (exact) mass is 420 g/mol. The van der Waals surface area contributed by atoms with E-state index >= 15 is 0 Å². The van der Waals surface area contributed by atoms with Gasteiger partial charge >= 0.3 is 0 Å². The first kappa shape index (κ1) is 21.8. The largest absolute Gasteiger partial charge is 0.486 e. The van der Waals surface area contributed by atoms with Gasteiger partial charge in [0.15, 0.2) is 0 Å². The lowest BCUT2D eigenvalue weighted by Crippen LogP contribution is -2.30. The van der Waals surface area contributed by atoms with Crippen LogP contribution in [0.15, 0.2) is 54.4 Å². The molecular formula is C25H28N2O2S. The summed E-state index contributed by atoms with van der Waals surface area (Å²) < 4.78 is 6.03. The summed E-state index contributed by atoms with van der Waals surface area (Å²) in [5, 5.41) is 2.89. The van der Waals surface area contributed by atoms with Gasteiger partial charge in [-0.3, -0.25) is 4.79 Å². The van der Waals surface area contributed by atoms with Gasteiger partial charge in [0, 0.05) is 17.5 Å². The van der Waals surface area contributed by atoms with Crippen molar-refractivity contribution in [3.05, 3.63) is 93.0 Å². The molecule has 0 saturated carbocycles. The minimum Gasteiger partial charge on any atom is -0.486 e. The van der Waals surface area contributed by atoms with E-state index < -0.39 is 0 Å². The van der Waals surface area contributed by atoms with Crippen LogP contribution in [0.2, 0.25) is 0 Å². The van der Waals surface area contributed by atoms with E-state index in [0.717, 1.165) is 27.6 Å². The highest BCUT2D eigenvalue weighted by atomic mass is 32.1. The first-order chi connectivity index (χ1) is 14.4. The van der Waals surface area contributed by atoms with Crippen LogP contribution in [-0.2, 0) is 13.2 Å². The van der Waals surface area contributed by atoms with Gasteiger partial charge in [-0.1, -0.05) is 29.8 Å². The normalized spacial score (nSPS) is 10.7. The van der Waals surface area contributed by atoms with Crippen LogP contribution in [0.3, 0.4) is 0 Å². The molecule has 0 bridgehead atoms. The molecule has 0 unspecified atom stereocenters. The van der Waals surface area contributed by atoms with Crippen LogP contribution in [0.1, 0.15) is 43.3 Å². The third-order valence-corrected chi connectivity index (χ3v) is 5.87. The summed E-state index contributed by atoms with van der Waals surface area (Å²) in [4.78, 5) is 19.3. The molecule has 3 aromatic rings. The number of hydrogen-bond acceptors (Lipinski definition) is 4. The molecule has 0 radical (unpaired) electrons. The van der Waals surface area contributed by atoms with Crippen molar-refractivity contribution in [2.45, 2.75) is 40.8 Å². The summed E-state index contributed by atoms with van der Waals surface area (Å²) in [5.74, 6) is 0.874.